The number of aromatic hydroxyl groups is 1. The van der Waals surface area contributed by atoms with Crippen molar-refractivity contribution >= 4 is 90.4 Å². The smallest absolute Gasteiger partial charge is 0.508 e. The van der Waals surface area contributed by atoms with Crippen molar-refractivity contribution in [3.8, 4) is 28.2 Å². The summed E-state index contributed by atoms with van der Waals surface area (Å²) in [5.41, 5.74) is 6.41. The van der Waals surface area contributed by atoms with Gasteiger partial charge < -0.3 is 55.7 Å². The largest absolute Gasteiger partial charge is 0.508 e. The van der Waals surface area contributed by atoms with Crippen LogP contribution in [0.25, 0.3) is 44.5 Å². The van der Waals surface area contributed by atoms with Gasteiger partial charge in [-0.3, -0.25) is 9.36 Å². The monoisotopic (exact) mass is 1030 g/mol. The molecule has 3 aromatic heterocycles. The Hall–Kier alpha value is -7.02. The van der Waals surface area contributed by atoms with Gasteiger partial charge in [-0.25, -0.2) is 24.4 Å². The van der Waals surface area contributed by atoms with E-state index in [1.807, 2.05) is 0 Å². The van der Waals surface area contributed by atoms with Crippen molar-refractivity contribution in [3.63, 3.8) is 0 Å². The number of fused-ring (bicyclic) bond motifs is 3. The van der Waals surface area contributed by atoms with Crippen molar-refractivity contribution in [1.29, 1.82) is 0 Å². The predicted octanol–water partition coefficient (Wildman–Crippen LogP) is 7.70. The number of nitrogens with zero attached hydrogens (tertiary/aromatic N) is 4. The number of aromatic amines is 1. The second-order valence-corrected chi connectivity index (χ2v) is 19.5. The fraction of sp³-hybridized carbons (Fsp3) is 0.298. The number of benzene rings is 3. The number of carboxylic acids is 1. The summed E-state index contributed by atoms with van der Waals surface area (Å²) in [6.45, 7) is 3.82. The molecule has 0 bridgehead atoms. The summed E-state index contributed by atoms with van der Waals surface area (Å²) in [6.07, 6.45) is -2.05. The van der Waals surface area contributed by atoms with E-state index in [1.54, 1.807) is 53.4 Å². The van der Waals surface area contributed by atoms with E-state index in [0.717, 1.165) is 36.6 Å². The zero-order chi connectivity index (χ0) is 50.2. The molecule has 1 unspecified atom stereocenters. The van der Waals surface area contributed by atoms with Crippen LogP contribution in [-0.2, 0) is 22.2 Å². The Morgan fingerprint density at radius 1 is 1.00 bits per heavy atom. The maximum absolute atomic E-state index is 13.3. The summed E-state index contributed by atoms with van der Waals surface area (Å²) in [4.78, 5) is 62.2. The molecule has 0 saturated carbocycles. The third kappa shape index (κ3) is 12.7. The molecule has 1 saturated heterocycles. The van der Waals surface area contributed by atoms with E-state index in [1.165, 1.54) is 41.1 Å². The molecule has 372 valence electrons. The molecule has 0 amide bonds. The predicted molar refractivity (Wildman–Crippen MR) is 270 cm³/mol. The Bertz CT molecular complexity index is 3170. The van der Waals surface area contributed by atoms with Gasteiger partial charge in [-0.15, -0.1) is 0 Å². The number of phenolic OH excluding ortho intramolecular Hbond substituents is 1. The molecular formula is C47H46F3N9O9S3. The third-order valence-corrected chi connectivity index (χ3v) is 14.0. The van der Waals surface area contributed by atoms with Gasteiger partial charge in [0, 0.05) is 84.1 Å². The Kier molecular flexibility index (Phi) is 15.9. The molecule has 5 aromatic rings. The van der Waals surface area contributed by atoms with Gasteiger partial charge in [0.05, 0.1) is 24.2 Å². The minimum Gasteiger partial charge on any atom is -0.508 e. The number of pyridine rings is 2. The summed E-state index contributed by atoms with van der Waals surface area (Å²) in [5.74, 6) is 0.556. The van der Waals surface area contributed by atoms with Gasteiger partial charge >= 0.3 is 24.0 Å². The third-order valence-electron chi connectivity index (χ3n) is 11.4. The van der Waals surface area contributed by atoms with E-state index < -0.39 is 35.5 Å². The maximum atomic E-state index is 13.3. The van der Waals surface area contributed by atoms with Gasteiger partial charge in [-0.2, -0.15) is 13.2 Å². The number of hydrogen-bond acceptors (Lipinski definition) is 16. The number of halogens is 3. The topological polar surface area (TPSA) is 252 Å². The fourth-order valence-electron chi connectivity index (χ4n) is 8.17. The number of ether oxygens (including phenoxy) is 2. The van der Waals surface area contributed by atoms with E-state index >= 15 is 0 Å². The first-order valence-corrected chi connectivity index (χ1v) is 25.0. The highest BCUT2D eigenvalue weighted by Gasteiger charge is 2.34. The van der Waals surface area contributed by atoms with Gasteiger partial charge in [0.25, 0.3) is 0 Å². The highest BCUT2D eigenvalue weighted by atomic mass is 33.1. The number of aromatic carboxylic acids is 1. The number of carboxylic acid groups (broad SMARTS) is 1. The first kappa shape index (κ1) is 50.4. The van der Waals surface area contributed by atoms with Gasteiger partial charge in [-0.1, -0.05) is 33.7 Å². The number of nitrogen functional groups attached to an aromatic ring is 1. The number of hydrogen-bond donors (Lipinski definition) is 7. The Morgan fingerprint density at radius 3 is 2.61 bits per heavy atom. The molecule has 1 fully saturated rings. The summed E-state index contributed by atoms with van der Waals surface area (Å²) >= 11 is 5.46. The normalized spacial score (nSPS) is 14.2. The molecule has 71 heavy (non-hydrogen) atoms. The first-order chi connectivity index (χ1) is 34.1. The van der Waals surface area contributed by atoms with Crippen molar-refractivity contribution in [2.24, 2.45) is 5.92 Å². The molecule has 2 aliphatic heterocycles. The number of likely N-dealkylation sites (tertiary alicyclic amines) is 1. The molecule has 0 radical (unpaired) electrons. The van der Waals surface area contributed by atoms with Crippen molar-refractivity contribution in [2.45, 2.75) is 25.6 Å². The minimum absolute atomic E-state index is 0.00843. The van der Waals surface area contributed by atoms with Crippen LogP contribution in [0.1, 0.15) is 34.5 Å². The Labute approximate surface area is 415 Å². The number of H-pyrrole nitrogens is 1. The highest BCUT2D eigenvalue weighted by Crippen LogP contribution is 2.42. The number of imidazole rings is 1. The fourth-order valence-corrected chi connectivity index (χ4v) is 10.1. The molecule has 3 aliphatic rings. The quantitative estimate of drug-likeness (QED) is 0.0143. The second kappa shape index (κ2) is 22.4. The van der Waals surface area contributed by atoms with E-state index in [4.69, 9.17) is 31.8 Å². The SMILES string of the molecule is Nc1nc(C(F)(F)F)cc2c1[nH]c(=O)n2Cc1ccc(NCCN2CCCC(COC(=O)OCCSSCCNC(=S)Nc3ccc(-c4c5ccc(=O)cc-5oc5cc(O)ccc45)c(C(=O)O)c3)C2)nc1. The van der Waals surface area contributed by atoms with Crippen LogP contribution in [0.5, 0.6) is 5.75 Å². The van der Waals surface area contributed by atoms with Crippen LogP contribution in [0, 0.1) is 5.92 Å². The van der Waals surface area contributed by atoms with E-state index in [9.17, 15) is 42.6 Å². The number of phenols is 1. The van der Waals surface area contributed by atoms with Crippen molar-refractivity contribution in [2.75, 3.05) is 73.8 Å². The lowest BCUT2D eigenvalue weighted by molar-refractivity contribution is -0.141. The average Bonchev–Trinajstić information content (AvgIpc) is 3.65. The number of nitrogens with two attached hydrogens (primary N) is 1. The molecule has 24 heteroatoms. The number of carbonyl (C=O) groups excluding carboxylic acids is 1. The van der Waals surface area contributed by atoms with Gasteiger partial charge in [-0.05, 0) is 91.3 Å². The van der Waals surface area contributed by atoms with Crippen molar-refractivity contribution in [1.82, 2.24) is 29.7 Å². The zero-order valence-electron chi connectivity index (χ0n) is 37.5. The lowest BCUT2D eigenvalue weighted by Crippen LogP contribution is -2.40. The van der Waals surface area contributed by atoms with Crippen LogP contribution in [0.3, 0.4) is 0 Å². The molecule has 18 nitrogen and oxygen atoms in total. The van der Waals surface area contributed by atoms with Gasteiger partial charge in [0.15, 0.2) is 10.5 Å². The summed E-state index contributed by atoms with van der Waals surface area (Å²) in [7, 11) is 3.08. The van der Waals surface area contributed by atoms with E-state index in [2.05, 4.69) is 35.8 Å². The van der Waals surface area contributed by atoms with Gasteiger partial charge in [0.2, 0.25) is 0 Å². The number of anilines is 3. The van der Waals surface area contributed by atoms with Crippen molar-refractivity contribution in [3.05, 3.63) is 117 Å². The number of alkyl halides is 3. The molecule has 1 atom stereocenters. The minimum atomic E-state index is -4.73. The van der Waals surface area contributed by atoms with Crippen LogP contribution in [0.2, 0.25) is 0 Å². The lowest BCUT2D eigenvalue weighted by atomic mass is 9.90. The molecule has 2 aromatic carbocycles. The molecule has 0 spiro atoms. The van der Waals surface area contributed by atoms with Gasteiger partial charge in [0.1, 0.15) is 46.5 Å². The maximum Gasteiger partial charge on any atom is 0.508 e. The number of piperidine rings is 1. The average molecular weight is 1030 g/mol. The highest BCUT2D eigenvalue weighted by molar-refractivity contribution is 8.76. The molecule has 8 N–H and O–H groups in total. The van der Waals surface area contributed by atoms with Crippen LogP contribution < -0.4 is 32.8 Å². The molecule has 8 rings (SSSR count). The standard InChI is InChI=1S/C47H46F3N9O9S3/c48-47(49,50)38-21-35-41(42(51)56-38)57-45(64)59(35)24-26-3-10-39(54-22-26)52-11-14-58-13-1-2-27(23-58)25-67-46(65)66-15-17-71-70-16-12-53-44(69)55-28-4-7-31(34(18-28)43(62)63)40-32-8-5-29(60)19-36(32)68-37-20-30(61)6-9-33(37)40/h3-10,18-22,27,60H,1-2,11-17,23-25H2,(H2,51,56)(H,52,54)(H,57,64)(H,62,63)(H2,53,55,69). The summed E-state index contributed by atoms with van der Waals surface area (Å²) in [6, 6.07) is 17.9. The number of carbonyl (C=O) groups is 2. The van der Waals surface area contributed by atoms with Crippen LogP contribution >= 0.6 is 33.8 Å². The van der Waals surface area contributed by atoms with Crippen LogP contribution in [0.15, 0.2) is 93.0 Å². The van der Waals surface area contributed by atoms with E-state index in [0.29, 0.717) is 75.4 Å². The zero-order valence-corrected chi connectivity index (χ0v) is 40.0. The summed E-state index contributed by atoms with van der Waals surface area (Å²) in [5, 5.41) is 30.6. The Morgan fingerprint density at radius 2 is 1.82 bits per heavy atom. The van der Waals surface area contributed by atoms with Crippen LogP contribution in [-0.4, -0.2) is 109 Å². The van der Waals surface area contributed by atoms with Crippen molar-refractivity contribution < 1.29 is 46.9 Å². The number of aromatic nitrogens is 4. The first-order valence-electron chi connectivity index (χ1n) is 22.1. The number of rotatable bonds is 18. The number of nitrogens with one attached hydrogen (secondary N) is 4. The van der Waals surface area contributed by atoms with E-state index in [-0.39, 0.29) is 64.8 Å². The molecule has 5 heterocycles. The molecule has 1 aliphatic carbocycles. The van der Waals surface area contributed by atoms with Crippen LogP contribution in [0.4, 0.5) is 35.3 Å². The Balaban J connectivity index is 0.698. The second-order valence-electron chi connectivity index (χ2n) is 16.4. The summed E-state index contributed by atoms with van der Waals surface area (Å²) < 4.78 is 57.8. The number of thiocarbonyl (C=S) groups is 1. The lowest BCUT2D eigenvalue weighted by Gasteiger charge is -2.32. The molecular weight excluding hydrogens is 988 g/mol.